The first-order valence-electron chi connectivity index (χ1n) is 8.93. The van der Waals surface area contributed by atoms with Crippen LogP contribution in [0.2, 0.25) is 5.02 Å². The van der Waals surface area contributed by atoms with Gasteiger partial charge >= 0.3 is 0 Å². The van der Waals surface area contributed by atoms with Crippen LogP contribution in [0.3, 0.4) is 0 Å². The number of amides is 1. The lowest BCUT2D eigenvalue weighted by atomic mass is 10.0. The van der Waals surface area contributed by atoms with E-state index >= 15 is 0 Å². The van der Waals surface area contributed by atoms with Gasteiger partial charge in [0.2, 0.25) is 0 Å². The standard InChI is InChI=1S/C23H22ClNO2/c1-17(18-8-4-2-5-9-18)15-25-23(26)16-27-22-13-12-20(14-21(22)24)19-10-6-3-7-11-19/h2-14,17H,15-16H2,1H3,(H,25,26)/t17-/m0/s1. The number of benzene rings is 3. The normalized spacial score (nSPS) is 11.6. The Hall–Kier alpha value is -2.78. The summed E-state index contributed by atoms with van der Waals surface area (Å²) >= 11 is 6.31. The van der Waals surface area contributed by atoms with E-state index in [4.69, 9.17) is 16.3 Å². The van der Waals surface area contributed by atoms with Gasteiger partial charge in [0.05, 0.1) is 5.02 Å². The van der Waals surface area contributed by atoms with E-state index < -0.39 is 0 Å². The second kappa shape index (κ2) is 9.24. The number of hydrogen-bond donors (Lipinski definition) is 1. The van der Waals surface area contributed by atoms with E-state index in [2.05, 4.69) is 24.4 Å². The van der Waals surface area contributed by atoms with Crippen molar-refractivity contribution in [3.05, 3.63) is 89.4 Å². The number of nitrogens with one attached hydrogen (secondary N) is 1. The van der Waals surface area contributed by atoms with Crippen molar-refractivity contribution in [1.29, 1.82) is 0 Å². The van der Waals surface area contributed by atoms with Gasteiger partial charge in [-0.25, -0.2) is 0 Å². The smallest absolute Gasteiger partial charge is 0.257 e. The van der Waals surface area contributed by atoms with E-state index in [9.17, 15) is 4.79 Å². The maximum absolute atomic E-state index is 12.1. The molecule has 0 fully saturated rings. The molecule has 1 N–H and O–H groups in total. The molecule has 3 aromatic carbocycles. The van der Waals surface area contributed by atoms with Crippen molar-refractivity contribution < 1.29 is 9.53 Å². The van der Waals surface area contributed by atoms with Crippen molar-refractivity contribution in [3.63, 3.8) is 0 Å². The Morgan fingerprint density at radius 1 is 0.963 bits per heavy atom. The molecular formula is C23H22ClNO2. The lowest BCUT2D eigenvalue weighted by Gasteiger charge is -2.14. The Bertz CT molecular complexity index is 881. The minimum absolute atomic E-state index is 0.0636. The fourth-order valence-corrected chi connectivity index (χ4v) is 3.02. The molecule has 0 bridgehead atoms. The summed E-state index contributed by atoms with van der Waals surface area (Å²) in [7, 11) is 0. The Kier molecular flexibility index (Phi) is 6.50. The number of rotatable bonds is 7. The zero-order valence-electron chi connectivity index (χ0n) is 15.2. The maximum atomic E-state index is 12.1. The van der Waals surface area contributed by atoms with Gasteiger partial charge in [-0.15, -0.1) is 0 Å². The summed E-state index contributed by atoms with van der Waals surface area (Å²) in [5, 5.41) is 3.39. The monoisotopic (exact) mass is 379 g/mol. The van der Waals surface area contributed by atoms with Crippen LogP contribution in [0.25, 0.3) is 11.1 Å². The second-order valence-electron chi connectivity index (χ2n) is 6.42. The van der Waals surface area contributed by atoms with Gasteiger partial charge in [-0.1, -0.05) is 85.3 Å². The van der Waals surface area contributed by atoms with E-state index in [1.165, 1.54) is 5.56 Å². The van der Waals surface area contributed by atoms with E-state index in [1.54, 1.807) is 6.07 Å². The molecule has 3 rings (SSSR count). The molecule has 0 saturated heterocycles. The molecule has 3 aromatic rings. The Balaban J connectivity index is 1.51. The third-order valence-electron chi connectivity index (χ3n) is 4.37. The molecule has 27 heavy (non-hydrogen) atoms. The van der Waals surface area contributed by atoms with Crippen molar-refractivity contribution in [2.75, 3.05) is 13.2 Å². The highest BCUT2D eigenvalue weighted by Crippen LogP contribution is 2.30. The first-order valence-corrected chi connectivity index (χ1v) is 9.30. The summed E-state index contributed by atoms with van der Waals surface area (Å²) < 4.78 is 5.58. The summed E-state index contributed by atoms with van der Waals surface area (Å²) in [5.74, 6) is 0.576. The fourth-order valence-electron chi connectivity index (χ4n) is 2.79. The van der Waals surface area contributed by atoms with Gasteiger partial charge in [0.1, 0.15) is 5.75 Å². The predicted octanol–water partition coefficient (Wildman–Crippen LogP) is 5.31. The number of ether oxygens (including phenoxy) is 1. The van der Waals surface area contributed by atoms with Crippen LogP contribution in [-0.4, -0.2) is 19.1 Å². The van der Waals surface area contributed by atoms with Gasteiger partial charge in [-0.2, -0.15) is 0 Å². The van der Waals surface area contributed by atoms with Crippen molar-refractivity contribution in [2.24, 2.45) is 0 Å². The molecular weight excluding hydrogens is 358 g/mol. The SMILES string of the molecule is C[C@@H](CNC(=O)COc1ccc(-c2ccccc2)cc1Cl)c1ccccc1. The predicted molar refractivity (Wildman–Crippen MR) is 110 cm³/mol. The van der Waals surface area contributed by atoms with Crippen LogP contribution in [0.15, 0.2) is 78.9 Å². The highest BCUT2D eigenvalue weighted by molar-refractivity contribution is 6.32. The lowest BCUT2D eigenvalue weighted by Crippen LogP contribution is -2.31. The average Bonchev–Trinajstić information content (AvgIpc) is 2.72. The lowest BCUT2D eigenvalue weighted by molar-refractivity contribution is -0.123. The topological polar surface area (TPSA) is 38.3 Å². The molecule has 1 amide bonds. The van der Waals surface area contributed by atoms with Crippen LogP contribution in [0.4, 0.5) is 0 Å². The number of carbonyl (C=O) groups is 1. The molecule has 0 aromatic heterocycles. The summed E-state index contributed by atoms with van der Waals surface area (Å²) in [6.07, 6.45) is 0. The van der Waals surface area contributed by atoms with Gasteiger partial charge in [0, 0.05) is 6.54 Å². The third kappa shape index (κ3) is 5.35. The van der Waals surface area contributed by atoms with Crippen LogP contribution in [-0.2, 0) is 4.79 Å². The van der Waals surface area contributed by atoms with Gasteiger partial charge < -0.3 is 10.1 Å². The number of halogens is 1. The van der Waals surface area contributed by atoms with Gasteiger partial charge in [-0.05, 0) is 34.7 Å². The summed E-state index contributed by atoms with van der Waals surface area (Å²) in [5.41, 5.74) is 3.28. The maximum Gasteiger partial charge on any atom is 0.257 e. The van der Waals surface area contributed by atoms with E-state index in [0.29, 0.717) is 17.3 Å². The van der Waals surface area contributed by atoms with Crippen LogP contribution < -0.4 is 10.1 Å². The fraction of sp³-hybridized carbons (Fsp3) is 0.174. The summed E-state index contributed by atoms with van der Waals surface area (Å²) in [4.78, 5) is 12.1. The number of carbonyl (C=O) groups excluding carboxylic acids is 1. The minimum atomic E-state index is -0.166. The quantitative estimate of drug-likeness (QED) is 0.604. The number of hydrogen-bond acceptors (Lipinski definition) is 2. The molecule has 0 spiro atoms. The molecule has 3 nitrogen and oxygen atoms in total. The Labute approximate surface area is 164 Å². The first-order chi connectivity index (χ1) is 13.1. The van der Waals surface area contributed by atoms with E-state index in [-0.39, 0.29) is 18.4 Å². The minimum Gasteiger partial charge on any atom is -0.482 e. The van der Waals surface area contributed by atoms with Crippen LogP contribution in [0.1, 0.15) is 18.4 Å². The van der Waals surface area contributed by atoms with Crippen molar-refractivity contribution in [3.8, 4) is 16.9 Å². The molecule has 0 heterocycles. The van der Waals surface area contributed by atoms with Gasteiger partial charge in [0.15, 0.2) is 6.61 Å². The molecule has 0 aliphatic rings. The van der Waals surface area contributed by atoms with Crippen LogP contribution in [0.5, 0.6) is 5.75 Å². The van der Waals surface area contributed by atoms with Crippen molar-refractivity contribution in [1.82, 2.24) is 5.32 Å². The van der Waals surface area contributed by atoms with Crippen molar-refractivity contribution in [2.45, 2.75) is 12.8 Å². The molecule has 1 atom stereocenters. The Morgan fingerprint density at radius 2 is 1.63 bits per heavy atom. The summed E-state index contributed by atoms with van der Waals surface area (Å²) in [6, 6.07) is 25.6. The molecule has 0 unspecified atom stereocenters. The summed E-state index contributed by atoms with van der Waals surface area (Å²) in [6.45, 7) is 2.58. The van der Waals surface area contributed by atoms with Crippen LogP contribution >= 0.6 is 11.6 Å². The second-order valence-corrected chi connectivity index (χ2v) is 6.82. The van der Waals surface area contributed by atoms with E-state index in [1.807, 2.05) is 60.7 Å². The average molecular weight is 380 g/mol. The molecule has 0 aliphatic heterocycles. The zero-order chi connectivity index (χ0) is 19.1. The molecule has 138 valence electrons. The molecule has 0 aliphatic carbocycles. The molecule has 0 radical (unpaired) electrons. The van der Waals surface area contributed by atoms with Crippen LogP contribution in [0, 0.1) is 0 Å². The first kappa shape index (κ1) is 19.0. The van der Waals surface area contributed by atoms with E-state index in [0.717, 1.165) is 11.1 Å². The van der Waals surface area contributed by atoms with Crippen molar-refractivity contribution >= 4 is 17.5 Å². The largest absolute Gasteiger partial charge is 0.482 e. The third-order valence-corrected chi connectivity index (χ3v) is 4.67. The highest BCUT2D eigenvalue weighted by atomic mass is 35.5. The Morgan fingerprint density at radius 3 is 2.30 bits per heavy atom. The molecule has 4 heteroatoms. The van der Waals surface area contributed by atoms with Gasteiger partial charge in [0.25, 0.3) is 5.91 Å². The highest BCUT2D eigenvalue weighted by Gasteiger charge is 2.10. The van der Waals surface area contributed by atoms with Gasteiger partial charge in [-0.3, -0.25) is 4.79 Å². The zero-order valence-corrected chi connectivity index (χ0v) is 15.9. The molecule has 0 saturated carbocycles.